The molecule has 2 aliphatic carbocycles. The zero-order valence-electron chi connectivity index (χ0n) is 35.0. The van der Waals surface area contributed by atoms with E-state index >= 15 is 0 Å². The summed E-state index contributed by atoms with van der Waals surface area (Å²) in [6.07, 6.45) is 21.3. The Labute approximate surface area is 366 Å². The Morgan fingerprint density at radius 2 is 0.810 bits per heavy atom. The molecule has 5 aromatic carbocycles. The second kappa shape index (κ2) is 20.0. The van der Waals surface area contributed by atoms with Crippen LogP contribution in [0, 0.1) is 0 Å². The van der Waals surface area contributed by atoms with Crippen LogP contribution in [0.15, 0.2) is 106 Å². The standard InChI is InChI=1S/C54H64Br2O2/c1-3-5-7-9-11-13-31-53(32-14-12-10-8-6-4-2)49-35-43(55)27-29-45(49)47-38-52-48(37-50(47)53)46-30-28-44(56)36-51(46)54(52,41-23-19-39(20-24-41)17-15-33-57)42-25-21-40(22-26-42)18-16-34-58/h19-30,35-38,57-58H,3-18,31-34H2,1-2H3. The molecule has 0 radical (unpaired) electrons. The number of aliphatic hydroxyl groups is 2. The van der Waals surface area contributed by atoms with Crippen LogP contribution in [-0.2, 0) is 23.7 Å². The first-order valence-corrected chi connectivity index (χ1v) is 24.2. The highest BCUT2D eigenvalue weighted by Crippen LogP contribution is 2.62. The molecule has 0 heterocycles. The highest BCUT2D eigenvalue weighted by atomic mass is 79.9. The number of hydrogen-bond donors (Lipinski definition) is 2. The van der Waals surface area contributed by atoms with E-state index in [-0.39, 0.29) is 18.6 Å². The molecule has 0 amide bonds. The van der Waals surface area contributed by atoms with Crippen molar-refractivity contribution < 1.29 is 10.2 Å². The Balaban J connectivity index is 1.44. The van der Waals surface area contributed by atoms with E-state index in [1.165, 1.54) is 161 Å². The van der Waals surface area contributed by atoms with E-state index in [0.717, 1.165) is 30.2 Å². The minimum absolute atomic E-state index is 0.0253. The summed E-state index contributed by atoms with van der Waals surface area (Å²) < 4.78 is 2.26. The number of halogens is 2. The molecule has 2 N–H and O–H groups in total. The number of benzene rings is 5. The smallest absolute Gasteiger partial charge is 0.0714 e. The Morgan fingerprint density at radius 1 is 0.414 bits per heavy atom. The van der Waals surface area contributed by atoms with Crippen LogP contribution in [0.4, 0.5) is 0 Å². The first kappa shape index (κ1) is 43.1. The van der Waals surface area contributed by atoms with Crippen molar-refractivity contribution in [1.29, 1.82) is 0 Å². The Hall–Kier alpha value is -3.02. The number of rotatable bonds is 22. The second-order valence-corrected chi connectivity index (χ2v) is 19.1. The molecular formula is C54H64Br2O2. The molecule has 2 nitrogen and oxygen atoms in total. The number of fused-ring (bicyclic) bond motifs is 6. The van der Waals surface area contributed by atoms with E-state index in [9.17, 15) is 10.2 Å². The summed E-state index contributed by atoms with van der Waals surface area (Å²) in [6, 6.07) is 37.9. The normalized spacial score (nSPS) is 14.3. The van der Waals surface area contributed by atoms with Gasteiger partial charge < -0.3 is 10.2 Å². The molecular weight excluding hydrogens is 840 g/mol. The van der Waals surface area contributed by atoms with Gasteiger partial charge in [0.15, 0.2) is 0 Å². The number of aryl methyl sites for hydroxylation is 2. The summed E-state index contributed by atoms with van der Waals surface area (Å²) in [4.78, 5) is 0. The largest absolute Gasteiger partial charge is 0.396 e. The van der Waals surface area contributed by atoms with Crippen LogP contribution >= 0.6 is 31.9 Å². The van der Waals surface area contributed by atoms with Crippen LogP contribution in [-0.4, -0.2) is 23.4 Å². The predicted octanol–water partition coefficient (Wildman–Crippen LogP) is 15.2. The third-order valence-electron chi connectivity index (χ3n) is 13.5. The van der Waals surface area contributed by atoms with Crippen molar-refractivity contribution >= 4 is 31.9 Å². The molecule has 2 aliphatic rings. The van der Waals surface area contributed by atoms with Crippen molar-refractivity contribution in [1.82, 2.24) is 0 Å². The van der Waals surface area contributed by atoms with Crippen LogP contribution in [0.2, 0.25) is 0 Å². The van der Waals surface area contributed by atoms with Crippen molar-refractivity contribution in [3.8, 4) is 22.3 Å². The molecule has 0 saturated carbocycles. The van der Waals surface area contributed by atoms with E-state index in [1.54, 1.807) is 0 Å². The molecule has 0 aromatic heterocycles. The van der Waals surface area contributed by atoms with Gasteiger partial charge >= 0.3 is 0 Å². The van der Waals surface area contributed by atoms with Crippen LogP contribution < -0.4 is 0 Å². The molecule has 0 atom stereocenters. The lowest BCUT2D eigenvalue weighted by atomic mass is 9.66. The first-order chi connectivity index (χ1) is 28.4. The van der Waals surface area contributed by atoms with Gasteiger partial charge in [-0.15, -0.1) is 0 Å². The number of hydrogen-bond acceptors (Lipinski definition) is 2. The van der Waals surface area contributed by atoms with Gasteiger partial charge in [0.25, 0.3) is 0 Å². The average Bonchev–Trinajstić information content (AvgIpc) is 3.67. The van der Waals surface area contributed by atoms with Gasteiger partial charge in [0.05, 0.1) is 5.41 Å². The molecule has 306 valence electrons. The zero-order valence-corrected chi connectivity index (χ0v) is 38.2. The van der Waals surface area contributed by atoms with Gasteiger partial charge in [-0.3, -0.25) is 0 Å². The molecule has 0 unspecified atom stereocenters. The molecule has 0 spiro atoms. The molecule has 4 heteroatoms. The maximum Gasteiger partial charge on any atom is 0.0714 e. The summed E-state index contributed by atoms with van der Waals surface area (Å²) in [5.74, 6) is 0. The van der Waals surface area contributed by atoms with Crippen molar-refractivity contribution in [2.45, 2.75) is 140 Å². The average molecular weight is 905 g/mol. The third kappa shape index (κ3) is 8.60. The number of unbranched alkanes of at least 4 members (excludes halogenated alkanes) is 10. The fraction of sp³-hybridized carbons (Fsp3) is 0.444. The SMILES string of the molecule is CCCCCCCCC1(CCCCCCCC)c2cc(Br)ccc2-c2cc3c(cc21)-c1ccc(Br)cc1C3(c1ccc(CCCO)cc1)c1ccc(CCCO)cc1. The third-order valence-corrected chi connectivity index (χ3v) is 14.5. The lowest BCUT2D eigenvalue weighted by Gasteiger charge is -2.35. The first-order valence-electron chi connectivity index (χ1n) is 22.6. The molecule has 0 bridgehead atoms. The summed E-state index contributed by atoms with van der Waals surface area (Å²) in [7, 11) is 0. The fourth-order valence-corrected chi connectivity index (χ4v) is 11.2. The molecule has 0 aliphatic heterocycles. The van der Waals surface area contributed by atoms with Crippen LogP contribution in [0.3, 0.4) is 0 Å². The Bertz CT molecular complexity index is 2050. The van der Waals surface area contributed by atoms with E-state index in [0.29, 0.717) is 0 Å². The summed E-state index contributed by atoms with van der Waals surface area (Å²) >= 11 is 7.89. The van der Waals surface area contributed by atoms with E-state index in [4.69, 9.17) is 0 Å². The Kier molecular flexibility index (Phi) is 14.9. The quantitative estimate of drug-likeness (QED) is 0.0667. The van der Waals surface area contributed by atoms with E-state index in [2.05, 4.69) is 143 Å². The van der Waals surface area contributed by atoms with Crippen LogP contribution in [0.5, 0.6) is 0 Å². The van der Waals surface area contributed by atoms with Gasteiger partial charge in [-0.25, -0.2) is 0 Å². The van der Waals surface area contributed by atoms with E-state index < -0.39 is 5.41 Å². The zero-order chi connectivity index (χ0) is 40.5. The minimum Gasteiger partial charge on any atom is -0.396 e. The molecule has 0 saturated heterocycles. The Morgan fingerprint density at radius 3 is 1.31 bits per heavy atom. The van der Waals surface area contributed by atoms with Crippen LogP contribution in [0.25, 0.3) is 22.3 Å². The van der Waals surface area contributed by atoms with Gasteiger partial charge in [-0.05, 0) is 142 Å². The number of aliphatic hydroxyl groups excluding tert-OH is 2. The van der Waals surface area contributed by atoms with Gasteiger partial charge in [0.1, 0.15) is 0 Å². The monoisotopic (exact) mass is 902 g/mol. The lowest BCUT2D eigenvalue weighted by molar-refractivity contribution is 0.288. The molecule has 58 heavy (non-hydrogen) atoms. The molecule has 0 fully saturated rings. The topological polar surface area (TPSA) is 40.5 Å². The maximum absolute atomic E-state index is 9.63. The van der Waals surface area contributed by atoms with Crippen molar-refractivity contribution in [3.63, 3.8) is 0 Å². The summed E-state index contributed by atoms with van der Waals surface area (Å²) in [5.41, 5.74) is 15.7. The van der Waals surface area contributed by atoms with Gasteiger partial charge in [-0.1, -0.05) is 183 Å². The second-order valence-electron chi connectivity index (χ2n) is 17.2. The fourth-order valence-electron chi connectivity index (χ4n) is 10.5. The van der Waals surface area contributed by atoms with Crippen molar-refractivity contribution in [2.75, 3.05) is 13.2 Å². The highest BCUT2D eigenvalue weighted by molar-refractivity contribution is 9.10. The highest BCUT2D eigenvalue weighted by Gasteiger charge is 2.50. The molecule has 7 rings (SSSR count). The van der Waals surface area contributed by atoms with E-state index in [1.807, 2.05) is 0 Å². The maximum atomic E-state index is 9.63. The summed E-state index contributed by atoms with van der Waals surface area (Å²) in [5, 5.41) is 19.3. The predicted molar refractivity (Wildman–Crippen MR) is 252 cm³/mol. The minimum atomic E-state index is -0.534. The summed E-state index contributed by atoms with van der Waals surface area (Å²) in [6.45, 7) is 5.02. The van der Waals surface area contributed by atoms with Gasteiger partial charge in [0, 0.05) is 27.6 Å². The van der Waals surface area contributed by atoms with Crippen molar-refractivity contribution in [2.24, 2.45) is 0 Å². The van der Waals surface area contributed by atoms with Gasteiger partial charge in [0.2, 0.25) is 0 Å². The van der Waals surface area contributed by atoms with Crippen LogP contribution in [0.1, 0.15) is 161 Å². The molecule has 5 aromatic rings. The van der Waals surface area contributed by atoms with Gasteiger partial charge in [-0.2, -0.15) is 0 Å². The lowest BCUT2D eigenvalue weighted by Crippen LogP contribution is -2.29. The van der Waals surface area contributed by atoms with Crippen molar-refractivity contribution in [3.05, 3.63) is 151 Å².